The van der Waals surface area contributed by atoms with Crippen molar-refractivity contribution < 1.29 is 17.9 Å². The SMILES string of the molecule is Cc1cc(CN(c2ccc(Br)cc2)S(=O)(=O)c2ccc(Cl)c([N+](=O)[O-])c2)on1. The van der Waals surface area contributed by atoms with Crippen molar-refractivity contribution in [2.75, 3.05) is 4.31 Å². The van der Waals surface area contributed by atoms with E-state index in [1.54, 1.807) is 37.3 Å². The number of sulfonamides is 1. The number of nitro benzene ring substituents is 1. The van der Waals surface area contributed by atoms with Gasteiger partial charge in [-0.25, -0.2) is 8.42 Å². The zero-order chi connectivity index (χ0) is 20.5. The number of halogens is 2. The molecule has 8 nitrogen and oxygen atoms in total. The third kappa shape index (κ3) is 4.18. The van der Waals surface area contributed by atoms with E-state index in [9.17, 15) is 18.5 Å². The summed E-state index contributed by atoms with van der Waals surface area (Å²) in [6.07, 6.45) is 0. The van der Waals surface area contributed by atoms with Crippen molar-refractivity contribution in [1.82, 2.24) is 5.16 Å². The first kappa shape index (κ1) is 20.3. The van der Waals surface area contributed by atoms with Crippen LogP contribution in [0.2, 0.25) is 5.02 Å². The molecule has 0 saturated carbocycles. The Labute approximate surface area is 174 Å². The van der Waals surface area contributed by atoms with Gasteiger partial charge in [-0.15, -0.1) is 0 Å². The highest BCUT2D eigenvalue weighted by atomic mass is 79.9. The molecule has 2 aromatic carbocycles. The van der Waals surface area contributed by atoms with Crippen molar-refractivity contribution in [1.29, 1.82) is 0 Å². The van der Waals surface area contributed by atoms with Gasteiger partial charge in [-0.3, -0.25) is 14.4 Å². The molecule has 0 saturated heterocycles. The molecule has 0 aliphatic carbocycles. The van der Waals surface area contributed by atoms with Gasteiger partial charge in [0.2, 0.25) is 0 Å². The molecule has 0 fully saturated rings. The normalized spacial score (nSPS) is 11.4. The van der Waals surface area contributed by atoms with Crippen LogP contribution in [0.15, 0.2) is 62.4 Å². The number of nitro groups is 1. The summed E-state index contributed by atoms with van der Waals surface area (Å²) >= 11 is 9.12. The number of nitrogens with zero attached hydrogens (tertiary/aromatic N) is 3. The molecule has 0 atom stereocenters. The smallest absolute Gasteiger partial charge is 0.289 e. The fourth-order valence-corrected chi connectivity index (χ4v) is 4.38. The van der Waals surface area contributed by atoms with E-state index >= 15 is 0 Å². The van der Waals surface area contributed by atoms with Gasteiger partial charge in [0.25, 0.3) is 15.7 Å². The maximum absolute atomic E-state index is 13.3. The third-order valence-electron chi connectivity index (χ3n) is 3.79. The summed E-state index contributed by atoms with van der Waals surface area (Å²) < 4.78 is 33.6. The standard InChI is InChI=1S/C17H13BrClN3O5S/c1-11-8-14(27-20-11)10-21(13-4-2-12(18)3-5-13)28(25,26)15-6-7-16(19)17(9-15)22(23)24/h2-9H,10H2,1H3. The summed E-state index contributed by atoms with van der Waals surface area (Å²) in [5.74, 6) is 0.326. The molecule has 0 unspecified atom stereocenters. The zero-order valence-corrected chi connectivity index (χ0v) is 17.5. The summed E-state index contributed by atoms with van der Waals surface area (Å²) in [6.45, 7) is 1.58. The molecule has 0 radical (unpaired) electrons. The molecule has 0 aliphatic rings. The second-order valence-corrected chi connectivity index (χ2v) is 8.98. The van der Waals surface area contributed by atoms with Crippen molar-refractivity contribution in [2.24, 2.45) is 0 Å². The number of hydrogen-bond acceptors (Lipinski definition) is 6. The quantitative estimate of drug-likeness (QED) is 0.369. The van der Waals surface area contributed by atoms with Crippen LogP contribution in [0.25, 0.3) is 0 Å². The lowest BCUT2D eigenvalue weighted by Gasteiger charge is -2.23. The molecule has 0 aliphatic heterocycles. The van der Waals surface area contributed by atoms with E-state index in [0.717, 1.165) is 14.8 Å². The van der Waals surface area contributed by atoms with Crippen LogP contribution in [0.3, 0.4) is 0 Å². The van der Waals surface area contributed by atoms with Crippen LogP contribution in [0.1, 0.15) is 11.5 Å². The molecule has 11 heteroatoms. The highest BCUT2D eigenvalue weighted by Gasteiger charge is 2.29. The van der Waals surface area contributed by atoms with Crippen LogP contribution in [0, 0.1) is 17.0 Å². The maximum atomic E-state index is 13.3. The van der Waals surface area contributed by atoms with E-state index in [-0.39, 0.29) is 16.5 Å². The Morgan fingerprint density at radius 1 is 1.21 bits per heavy atom. The number of benzene rings is 2. The van der Waals surface area contributed by atoms with Crippen molar-refractivity contribution in [3.8, 4) is 0 Å². The monoisotopic (exact) mass is 485 g/mol. The number of aryl methyl sites for hydroxylation is 1. The lowest BCUT2D eigenvalue weighted by molar-refractivity contribution is -0.384. The molecule has 0 N–H and O–H groups in total. The molecule has 1 heterocycles. The van der Waals surface area contributed by atoms with Crippen molar-refractivity contribution in [3.63, 3.8) is 0 Å². The van der Waals surface area contributed by atoms with E-state index in [0.29, 0.717) is 17.1 Å². The van der Waals surface area contributed by atoms with E-state index in [4.69, 9.17) is 16.1 Å². The molecule has 3 rings (SSSR count). The Bertz CT molecular complexity index is 1130. The highest BCUT2D eigenvalue weighted by Crippen LogP contribution is 2.32. The Morgan fingerprint density at radius 2 is 1.89 bits per heavy atom. The first-order valence-electron chi connectivity index (χ1n) is 7.83. The van der Waals surface area contributed by atoms with Gasteiger partial charge in [-0.05, 0) is 43.3 Å². The zero-order valence-electron chi connectivity index (χ0n) is 14.4. The van der Waals surface area contributed by atoms with Crippen LogP contribution in [-0.2, 0) is 16.6 Å². The Hall–Kier alpha value is -2.43. The van der Waals surface area contributed by atoms with Gasteiger partial charge in [-0.2, -0.15) is 0 Å². The Morgan fingerprint density at radius 3 is 2.46 bits per heavy atom. The van der Waals surface area contributed by atoms with Gasteiger partial charge in [0.05, 0.1) is 27.7 Å². The number of rotatable bonds is 6. The summed E-state index contributed by atoms with van der Waals surface area (Å²) in [5, 5.41) is 14.8. The van der Waals surface area contributed by atoms with Crippen LogP contribution in [0.4, 0.5) is 11.4 Å². The average Bonchev–Trinajstić information content (AvgIpc) is 3.05. The maximum Gasteiger partial charge on any atom is 0.289 e. The second kappa shape index (κ2) is 7.90. The Kier molecular flexibility index (Phi) is 5.73. The van der Waals surface area contributed by atoms with Gasteiger partial charge in [-0.1, -0.05) is 32.7 Å². The molecule has 3 aromatic rings. The van der Waals surface area contributed by atoms with Gasteiger partial charge in [0, 0.05) is 16.6 Å². The predicted molar refractivity (Wildman–Crippen MR) is 107 cm³/mol. The summed E-state index contributed by atoms with van der Waals surface area (Å²) in [7, 11) is -4.16. The first-order chi connectivity index (χ1) is 13.2. The topological polar surface area (TPSA) is 107 Å². The molecule has 0 bridgehead atoms. The Balaban J connectivity index is 2.11. The summed E-state index contributed by atoms with van der Waals surface area (Å²) in [4.78, 5) is 10.2. The van der Waals surface area contributed by atoms with Gasteiger partial charge in [0.15, 0.2) is 5.76 Å². The third-order valence-corrected chi connectivity index (χ3v) is 6.41. The minimum atomic E-state index is -4.16. The largest absolute Gasteiger partial charge is 0.359 e. The molecule has 0 amide bonds. The fraction of sp³-hybridized carbons (Fsp3) is 0.118. The van der Waals surface area contributed by atoms with Crippen LogP contribution in [0.5, 0.6) is 0 Å². The van der Waals surface area contributed by atoms with Crippen molar-refractivity contribution in [3.05, 3.63) is 79.6 Å². The first-order valence-corrected chi connectivity index (χ1v) is 10.4. The lowest BCUT2D eigenvalue weighted by Crippen LogP contribution is -2.30. The summed E-state index contributed by atoms with van der Waals surface area (Å²) in [5.41, 5.74) is 0.467. The van der Waals surface area contributed by atoms with Gasteiger partial charge < -0.3 is 4.52 Å². The van der Waals surface area contributed by atoms with E-state index in [1.165, 1.54) is 12.1 Å². The van der Waals surface area contributed by atoms with Crippen molar-refractivity contribution in [2.45, 2.75) is 18.4 Å². The molecular formula is C17H13BrClN3O5S. The highest BCUT2D eigenvalue weighted by molar-refractivity contribution is 9.10. The molecule has 146 valence electrons. The molecule has 0 spiro atoms. The summed E-state index contributed by atoms with van der Waals surface area (Å²) in [6, 6.07) is 11.6. The minimum absolute atomic E-state index is 0.138. The number of hydrogen-bond donors (Lipinski definition) is 0. The molecular weight excluding hydrogens is 474 g/mol. The second-order valence-electron chi connectivity index (χ2n) is 5.79. The van der Waals surface area contributed by atoms with Crippen molar-refractivity contribution >= 4 is 48.9 Å². The molecule has 28 heavy (non-hydrogen) atoms. The minimum Gasteiger partial charge on any atom is -0.359 e. The van der Waals surface area contributed by atoms with Crippen LogP contribution >= 0.6 is 27.5 Å². The lowest BCUT2D eigenvalue weighted by atomic mass is 10.3. The van der Waals surface area contributed by atoms with Crippen LogP contribution < -0.4 is 4.31 Å². The average molecular weight is 487 g/mol. The van der Waals surface area contributed by atoms with Crippen LogP contribution in [-0.4, -0.2) is 18.5 Å². The van der Waals surface area contributed by atoms with E-state index < -0.39 is 20.6 Å². The molecule has 1 aromatic heterocycles. The predicted octanol–water partition coefficient (Wildman–Crippen LogP) is 4.70. The fourth-order valence-electron chi connectivity index (χ4n) is 2.47. The van der Waals surface area contributed by atoms with Gasteiger partial charge >= 0.3 is 0 Å². The van der Waals surface area contributed by atoms with E-state index in [2.05, 4.69) is 21.1 Å². The van der Waals surface area contributed by atoms with E-state index in [1.807, 2.05) is 0 Å². The van der Waals surface area contributed by atoms with Gasteiger partial charge in [0.1, 0.15) is 5.02 Å². The number of aromatic nitrogens is 1. The number of anilines is 1.